The highest BCUT2D eigenvalue weighted by atomic mass is 16.5. The number of hydrogen-bond acceptors (Lipinski definition) is 5. The third kappa shape index (κ3) is 7.14. The molecule has 2 aromatic rings. The summed E-state index contributed by atoms with van der Waals surface area (Å²) in [6.45, 7) is 11.7. The summed E-state index contributed by atoms with van der Waals surface area (Å²) in [6.07, 6.45) is 1.89. The van der Waals surface area contributed by atoms with Gasteiger partial charge in [-0.25, -0.2) is 4.98 Å². The number of guanidine groups is 1. The number of likely N-dealkylation sites (N-methyl/N-ethyl adjacent to an activating group) is 1. The zero-order valence-corrected chi connectivity index (χ0v) is 19.5. The number of para-hydroxylation sites is 1. The summed E-state index contributed by atoms with van der Waals surface area (Å²) < 4.78 is 6.09. The molecule has 1 aliphatic heterocycles. The Balaban J connectivity index is 1.55. The number of pyridine rings is 1. The number of anilines is 1. The van der Waals surface area contributed by atoms with E-state index in [9.17, 15) is 0 Å². The van der Waals surface area contributed by atoms with Gasteiger partial charge < -0.3 is 25.2 Å². The second-order valence-electron chi connectivity index (χ2n) is 8.91. The Morgan fingerprint density at radius 3 is 2.48 bits per heavy atom. The first-order valence-electron chi connectivity index (χ1n) is 10.9. The van der Waals surface area contributed by atoms with Crippen LogP contribution in [0, 0.1) is 0 Å². The van der Waals surface area contributed by atoms with Crippen LogP contribution in [-0.4, -0.2) is 61.7 Å². The number of piperazine rings is 1. The lowest BCUT2D eigenvalue weighted by atomic mass is 10.1. The zero-order valence-electron chi connectivity index (χ0n) is 19.5. The van der Waals surface area contributed by atoms with Crippen LogP contribution in [-0.2, 0) is 13.1 Å². The zero-order chi connectivity index (χ0) is 22.3. The predicted molar refractivity (Wildman–Crippen MR) is 128 cm³/mol. The van der Waals surface area contributed by atoms with E-state index in [-0.39, 0.29) is 5.60 Å². The predicted octanol–water partition coefficient (Wildman–Crippen LogP) is 2.88. The van der Waals surface area contributed by atoms with Crippen LogP contribution >= 0.6 is 0 Å². The molecule has 0 bridgehead atoms. The molecular formula is C24H36N6O. The van der Waals surface area contributed by atoms with Gasteiger partial charge >= 0.3 is 0 Å². The number of nitrogens with one attached hydrogen (secondary N) is 2. The third-order valence-corrected chi connectivity index (χ3v) is 5.16. The highest BCUT2D eigenvalue weighted by Crippen LogP contribution is 2.22. The number of hydrogen-bond donors (Lipinski definition) is 2. The van der Waals surface area contributed by atoms with Crippen LogP contribution in [0.1, 0.15) is 31.9 Å². The Morgan fingerprint density at radius 2 is 1.77 bits per heavy atom. The third-order valence-electron chi connectivity index (χ3n) is 5.16. The molecule has 0 saturated carbocycles. The molecule has 1 aromatic carbocycles. The second kappa shape index (κ2) is 10.5. The van der Waals surface area contributed by atoms with Crippen LogP contribution in [0.4, 0.5) is 5.82 Å². The summed E-state index contributed by atoms with van der Waals surface area (Å²) in [4.78, 5) is 13.6. The summed E-state index contributed by atoms with van der Waals surface area (Å²) in [6, 6.07) is 12.3. The van der Waals surface area contributed by atoms with Gasteiger partial charge in [0.2, 0.25) is 0 Å². The lowest BCUT2D eigenvalue weighted by Crippen LogP contribution is -2.44. The molecule has 0 atom stereocenters. The summed E-state index contributed by atoms with van der Waals surface area (Å²) in [7, 11) is 3.95. The van der Waals surface area contributed by atoms with E-state index in [1.807, 2.05) is 30.5 Å². The minimum absolute atomic E-state index is 0.237. The molecule has 7 nitrogen and oxygen atoms in total. The number of rotatable bonds is 6. The standard InChI is InChI=1S/C24H36N6O/c1-24(2,3)31-21-9-7-6-8-20(21)18-28-23(25-4)27-17-19-10-11-26-22(16-19)30-14-12-29(5)13-15-30/h6-11,16H,12-15,17-18H2,1-5H3,(H2,25,27,28). The second-order valence-corrected chi connectivity index (χ2v) is 8.91. The highest BCUT2D eigenvalue weighted by molar-refractivity contribution is 5.79. The van der Waals surface area contributed by atoms with Crippen LogP contribution in [0.25, 0.3) is 0 Å². The van der Waals surface area contributed by atoms with Crippen LogP contribution < -0.4 is 20.3 Å². The molecule has 0 radical (unpaired) electrons. The minimum Gasteiger partial charge on any atom is -0.488 e. The molecule has 3 rings (SSSR count). The van der Waals surface area contributed by atoms with E-state index in [1.54, 1.807) is 7.05 Å². The molecule has 7 heteroatoms. The molecule has 31 heavy (non-hydrogen) atoms. The average molecular weight is 425 g/mol. The van der Waals surface area contributed by atoms with Crippen molar-refractivity contribution in [3.05, 3.63) is 53.7 Å². The van der Waals surface area contributed by atoms with Gasteiger partial charge in [0.05, 0.1) is 0 Å². The molecule has 0 spiro atoms. The van der Waals surface area contributed by atoms with Gasteiger partial charge in [0.1, 0.15) is 17.2 Å². The van der Waals surface area contributed by atoms with E-state index in [1.165, 1.54) is 5.56 Å². The minimum atomic E-state index is -0.237. The summed E-state index contributed by atoms with van der Waals surface area (Å²) in [5.74, 6) is 2.69. The first-order valence-corrected chi connectivity index (χ1v) is 10.9. The quantitative estimate of drug-likeness (QED) is 0.549. The van der Waals surface area contributed by atoms with Crippen molar-refractivity contribution in [1.29, 1.82) is 0 Å². The van der Waals surface area contributed by atoms with E-state index in [2.05, 4.69) is 70.4 Å². The van der Waals surface area contributed by atoms with E-state index < -0.39 is 0 Å². The van der Waals surface area contributed by atoms with Crippen molar-refractivity contribution in [1.82, 2.24) is 20.5 Å². The Hall–Kier alpha value is -2.80. The van der Waals surface area contributed by atoms with Gasteiger partial charge in [-0.1, -0.05) is 18.2 Å². The molecule has 0 unspecified atom stereocenters. The van der Waals surface area contributed by atoms with Crippen molar-refractivity contribution in [2.45, 2.75) is 39.5 Å². The molecule has 2 heterocycles. The molecule has 0 amide bonds. The topological polar surface area (TPSA) is 65.0 Å². The molecule has 2 N–H and O–H groups in total. The fraction of sp³-hybridized carbons (Fsp3) is 0.500. The first-order chi connectivity index (χ1) is 14.8. The molecular weight excluding hydrogens is 388 g/mol. The molecule has 1 fully saturated rings. The fourth-order valence-electron chi connectivity index (χ4n) is 3.44. The monoisotopic (exact) mass is 424 g/mol. The van der Waals surface area contributed by atoms with E-state index in [0.717, 1.165) is 49.3 Å². The maximum atomic E-state index is 6.09. The number of aliphatic imine (C=N–C) groups is 1. The first kappa shape index (κ1) is 22.9. The van der Waals surface area contributed by atoms with Gasteiger partial charge in [-0.15, -0.1) is 0 Å². The fourth-order valence-corrected chi connectivity index (χ4v) is 3.44. The van der Waals surface area contributed by atoms with Crippen molar-refractivity contribution >= 4 is 11.8 Å². The average Bonchev–Trinajstić information content (AvgIpc) is 2.74. The maximum Gasteiger partial charge on any atom is 0.191 e. The van der Waals surface area contributed by atoms with E-state index in [4.69, 9.17) is 4.74 Å². The lowest BCUT2D eigenvalue weighted by molar-refractivity contribution is 0.129. The van der Waals surface area contributed by atoms with Crippen molar-refractivity contribution < 1.29 is 4.74 Å². The number of benzene rings is 1. The molecule has 1 aromatic heterocycles. The van der Waals surface area contributed by atoms with Gasteiger partial charge in [-0.05, 0) is 51.6 Å². The van der Waals surface area contributed by atoms with Gasteiger partial charge in [0.25, 0.3) is 0 Å². The Kier molecular flexibility index (Phi) is 7.74. The SMILES string of the molecule is CN=C(NCc1ccnc(N2CCN(C)CC2)c1)NCc1ccccc1OC(C)(C)C. The van der Waals surface area contributed by atoms with Crippen molar-refractivity contribution in [3.8, 4) is 5.75 Å². The number of nitrogens with zero attached hydrogens (tertiary/aromatic N) is 4. The van der Waals surface area contributed by atoms with Crippen LogP contribution in [0.15, 0.2) is 47.6 Å². The van der Waals surface area contributed by atoms with Gasteiger partial charge in [-0.3, -0.25) is 4.99 Å². The maximum absolute atomic E-state index is 6.09. The van der Waals surface area contributed by atoms with Gasteiger partial charge in [0.15, 0.2) is 5.96 Å². The summed E-state index contributed by atoms with van der Waals surface area (Å²) in [5, 5.41) is 6.80. The molecule has 168 valence electrons. The van der Waals surface area contributed by atoms with Crippen molar-refractivity contribution in [2.75, 3.05) is 45.2 Å². The molecule has 1 aliphatic rings. The summed E-state index contributed by atoms with van der Waals surface area (Å²) in [5.41, 5.74) is 2.05. The van der Waals surface area contributed by atoms with Gasteiger partial charge in [0, 0.05) is 58.1 Å². The van der Waals surface area contributed by atoms with Gasteiger partial charge in [-0.2, -0.15) is 0 Å². The van der Waals surface area contributed by atoms with E-state index in [0.29, 0.717) is 13.1 Å². The van der Waals surface area contributed by atoms with Crippen LogP contribution in [0.5, 0.6) is 5.75 Å². The lowest BCUT2D eigenvalue weighted by Gasteiger charge is -2.33. The Labute approximate surface area is 186 Å². The normalized spacial score (nSPS) is 15.6. The number of aromatic nitrogens is 1. The van der Waals surface area contributed by atoms with Crippen LogP contribution in [0.3, 0.4) is 0 Å². The van der Waals surface area contributed by atoms with E-state index >= 15 is 0 Å². The molecule has 0 aliphatic carbocycles. The molecule has 1 saturated heterocycles. The highest BCUT2D eigenvalue weighted by Gasteiger charge is 2.16. The van der Waals surface area contributed by atoms with Crippen LogP contribution in [0.2, 0.25) is 0 Å². The Morgan fingerprint density at radius 1 is 1.06 bits per heavy atom. The van der Waals surface area contributed by atoms with Crippen molar-refractivity contribution in [2.24, 2.45) is 4.99 Å². The van der Waals surface area contributed by atoms with Crippen molar-refractivity contribution in [3.63, 3.8) is 0 Å². The summed E-state index contributed by atoms with van der Waals surface area (Å²) >= 11 is 0. The smallest absolute Gasteiger partial charge is 0.191 e. The largest absolute Gasteiger partial charge is 0.488 e. The Bertz CT molecular complexity index is 868. The number of ether oxygens (including phenoxy) is 1.